The van der Waals surface area contributed by atoms with Gasteiger partial charge in [-0.2, -0.15) is 0 Å². The number of carbonyl (C=O) groups excluding carboxylic acids is 1. The number of rotatable bonds is 4. The van der Waals surface area contributed by atoms with Crippen molar-refractivity contribution in [2.24, 2.45) is 5.73 Å². The van der Waals surface area contributed by atoms with Crippen molar-refractivity contribution in [2.75, 3.05) is 31.5 Å². The molecular formula is C18H25N5O2. The lowest BCUT2D eigenvalue weighted by molar-refractivity contribution is -0.133. The Morgan fingerprint density at radius 1 is 1.28 bits per heavy atom. The Kier molecular flexibility index (Phi) is 4.59. The van der Waals surface area contributed by atoms with Crippen LogP contribution in [0.25, 0.3) is 11.0 Å². The number of aromatic nitrogens is 1. The maximum Gasteiger partial charge on any atom is 0.237 e. The fourth-order valence-corrected chi connectivity index (χ4v) is 3.83. The Labute approximate surface area is 147 Å². The minimum absolute atomic E-state index is 0.0898. The molecule has 7 nitrogen and oxygen atoms in total. The van der Waals surface area contributed by atoms with Gasteiger partial charge in [-0.25, -0.2) is 0 Å². The summed E-state index contributed by atoms with van der Waals surface area (Å²) in [5, 5.41) is 4.56. The lowest BCUT2D eigenvalue weighted by Gasteiger charge is -2.33. The third-order valence-corrected chi connectivity index (χ3v) is 5.28. The molecule has 2 aromatic heterocycles. The number of fused-ring (bicyclic) bond motifs is 1. The molecule has 3 N–H and O–H groups in total. The van der Waals surface area contributed by atoms with Crippen molar-refractivity contribution in [2.45, 2.75) is 37.9 Å². The van der Waals surface area contributed by atoms with E-state index in [-0.39, 0.29) is 12.1 Å². The SMILES string of the molecule is N[C@@H]1CCCN1C(=O)CN1CCC(Nc2cncc3ccoc23)CC1. The van der Waals surface area contributed by atoms with E-state index in [0.717, 1.165) is 62.0 Å². The van der Waals surface area contributed by atoms with Gasteiger partial charge < -0.3 is 20.4 Å². The fraction of sp³-hybridized carbons (Fsp3) is 0.556. The third-order valence-electron chi connectivity index (χ3n) is 5.28. The van der Waals surface area contributed by atoms with Crippen LogP contribution in [0.1, 0.15) is 25.7 Å². The highest BCUT2D eigenvalue weighted by Gasteiger charge is 2.28. The summed E-state index contributed by atoms with van der Waals surface area (Å²) in [6.07, 6.45) is 9.16. The largest absolute Gasteiger partial charge is 0.462 e. The van der Waals surface area contributed by atoms with E-state index >= 15 is 0 Å². The zero-order chi connectivity index (χ0) is 17.2. The molecule has 4 rings (SSSR count). The van der Waals surface area contributed by atoms with E-state index in [9.17, 15) is 4.79 Å². The van der Waals surface area contributed by atoms with E-state index in [1.165, 1.54) is 0 Å². The zero-order valence-corrected chi connectivity index (χ0v) is 14.4. The molecule has 7 heteroatoms. The first-order valence-electron chi connectivity index (χ1n) is 9.06. The molecular weight excluding hydrogens is 318 g/mol. The lowest BCUT2D eigenvalue weighted by Crippen LogP contribution is -2.48. The molecule has 2 aromatic rings. The normalized spacial score (nSPS) is 22.6. The van der Waals surface area contributed by atoms with Crippen LogP contribution in [0.5, 0.6) is 0 Å². The maximum atomic E-state index is 12.4. The molecule has 2 aliphatic rings. The first-order chi connectivity index (χ1) is 12.2. The predicted molar refractivity (Wildman–Crippen MR) is 96.0 cm³/mol. The van der Waals surface area contributed by atoms with Crippen LogP contribution in [0.4, 0.5) is 5.69 Å². The van der Waals surface area contributed by atoms with Crippen LogP contribution < -0.4 is 11.1 Å². The molecule has 0 radical (unpaired) electrons. The van der Waals surface area contributed by atoms with Gasteiger partial charge in [0.2, 0.25) is 5.91 Å². The number of amides is 1. The van der Waals surface area contributed by atoms with Crippen LogP contribution in [0.15, 0.2) is 29.1 Å². The molecule has 0 aromatic carbocycles. The molecule has 2 aliphatic heterocycles. The number of piperidine rings is 1. The molecule has 25 heavy (non-hydrogen) atoms. The van der Waals surface area contributed by atoms with Crippen molar-refractivity contribution in [1.29, 1.82) is 0 Å². The van der Waals surface area contributed by atoms with E-state index in [1.54, 1.807) is 12.5 Å². The standard InChI is InChI=1S/C18H25N5O2/c19-16-2-1-6-23(16)17(24)12-22-7-3-14(4-8-22)21-15-11-20-10-13-5-9-25-18(13)15/h5,9-11,14,16,21H,1-4,6-8,12,19H2/t16-/m0/s1. The maximum absolute atomic E-state index is 12.4. The van der Waals surface area contributed by atoms with Crippen molar-refractivity contribution < 1.29 is 9.21 Å². The van der Waals surface area contributed by atoms with Gasteiger partial charge in [-0.3, -0.25) is 14.7 Å². The Morgan fingerprint density at radius 3 is 2.88 bits per heavy atom. The quantitative estimate of drug-likeness (QED) is 0.877. The Bertz CT molecular complexity index is 738. The number of nitrogens with one attached hydrogen (secondary N) is 1. The smallest absolute Gasteiger partial charge is 0.237 e. The molecule has 1 amide bonds. The second-order valence-corrected chi connectivity index (χ2v) is 7.02. The van der Waals surface area contributed by atoms with E-state index < -0.39 is 0 Å². The van der Waals surface area contributed by atoms with Crippen molar-refractivity contribution in [3.8, 4) is 0 Å². The number of hydrogen-bond donors (Lipinski definition) is 2. The molecule has 0 spiro atoms. The van der Waals surface area contributed by atoms with E-state index in [2.05, 4.69) is 15.2 Å². The summed E-state index contributed by atoms with van der Waals surface area (Å²) in [6, 6.07) is 2.29. The molecule has 2 fully saturated rings. The van der Waals surface area contributed by atoms with E-state index in [1.807, 2.05) is 17.2 Å². The number of likely N-dealkylation sites (tertiary alicyclic amines) is 2. The topological polar surface area (TPSA) is 87.6 Å². The average Bonchev–Trinajstić information content (AvgIpc) is 3.26. The summed E-state index contributed by atoms with van der Waals surface area (Å²) >= 11 is 0. The molecule has 2 saturated heterocycles. The van der Waals surface area contributed by atoms with Crippen LogP contribution in [-0.2, 0) is 4.79 Å². The van der Waals surface area contributed by atoms with Gasteiger partial charge >= 0.3 is 0 Å². The van der Waals surface area contributed by atoms with Crippen LogP contribution in [0.3, 0.4) is 0 Å². The highest BCUT2D eigenvalue weighted by molar-refractivity contribution is 5.87. The van der Waals surface area contributed by atoms with Gasteiger partial charge in [0.1, 0.15) is 0 Å². The molecule has 0 unspecified atom stereocenters. The summed E-state index contributed by atoms with van der Waals surface area (Å²) in [4.78, 5) is 20.7. The number of carbonyl (C=O) groups is 1. The summed E-state index contributed by atoms with van der Waals surface area (Å²) in [5.74, 6) is 0.168. The second-order valence-electron chi connectivity index (χ2n) is 7.02. The number of furan rings is 1. The van der Waals surface area contributed by atoms with Crippen LogP contribution in [-0.4, -0.2) is 59.1 Å². The summed E-state index contributed by atoms with van der Waals surface area (Å²) < 4.78 is 5.56. The Hall–Kier alpha value is -2.12. The number of nitrogens with zero attached hydrogens (tertiary/aromatic N) is 3. The van der Waals surface area contributed by atoms with Gasteiger partial charge in [0.25, 0.3) is 0 Å². The highest BCUT2D eigenvalue weighted by Crippen LogP contribution is 2.25. The van der Waals surface area contributed by atoms with Crippen molar-refractivity contribution in [1.82, 2.24) is 14.8 Å². The average molecular weight is 343 g/mol. The molecule has 4 heterocycles. The predicted octanol–water partition coefficient (Wildman–Crippen LogP) is 1.61. The first kappa shape index (κ1) is 16.4. The third kappa shape index (κ3) is 3.48. The van der Waals surface area contributed by atoms with Gasteiger partial charge in [-0.15, -0.1) is 0 Å². The molecule has 1 atom stereocenters. The highest BCUT2D eigenvalue weighted by atomic mass is 16.3. The van der Waals surface area contributed by atoms with Gasteiger partial charge in [0.05, 0.1) is 30.9 Å². The number of anilines is 1. The van der Waals surface area contributed by atoms with Crippen molar-refractivity contribution in [3.63, 3.8) is 0 Å². The summed E-state index contributed by atoms with van der Waals surface area (Å²) in [5.41, 5.74) is 7.79. The second kappa shape index (κ2) is 7.01. The Morgan fingerprint density at radius 2 is 2.12 bits per heavy atom. The van der Waals surface area contributed by atoms with Crippen LogP contribution >= 0.6 is 0 Å². The molecule has 0 aliphatic carbocycles. The lowest BCUT2D eigenvalue weighted by atomic mass is 10.0. The minimum Gasteiger partial charge on any atom is -0.462 e. The number of nitrogens with two attached hydrogens (primary N) is 1. The summed E-state index contributed by atoms with van der Waals surface area (Å²) in [6.45, 7) is 3.11. The monoisotopic (exact) mass is 343 g/mol. The van der Waals surface area contributed by atoms with Gasteiger partial charge in [0, 0.05) is 37.3 Å². The molecule has 0 saturated carbocycles. The first-order valence-corrected chi connectivity index (χ1v) is 9.06. The number of pyridine rings is 1. The van der Waals surface area contributed by atoms with Gasteiger partial charge in [-0.1, -0.05) is 0 Å². The van der Waals surface area contributed by atoms with E-state index in [4.69, 9.17) is 10.2 Å². The van der Waals surface area contributed by atoms with Gasteiger partial charge in [0.15, 0.2) is 5.58 Å². The summed E-state index contributed by atoms with van der Waals surface area (Å²) in [7, 11) is 0. The van der Waals surface area contributed by atoms with E-state index in [0.29, 0.717) is 12.6 Å². The molecule has 0 bridgehead atoms. The molecule has 134 valence electrons. The minimum atomic E-state index is -0.0898. The van der Waals surface area contributed by atoms with Crippen molar-refractivity contribution in [3.05, 3.63) is 24.7 Å². The van der Waals surface area contributed by atoms with Gasteiger partial charge in [-0.05, 0) is 31.7 Å². The fourth-order valence-electron chi connectivity index (χ4n) is 3.83. The van der Waals surface area contributed by atoms with Crippen molar-refractivity contribution >= 4 is 22.6 Å². The zero-order valence-electron chi connectivity index (χ0n) is 14.4. The van der Waals surface area contributed by atoms with Crippen LogP contribution in [0.2, 0.25) is 0 Å². The number of hydrogen-bond acceptors (Lipinski definition) is 6. The van der Waals surface area contributed by atoms with Crippen LogP contribution in [0, 0.1) is 0 Å². The Balaban J connectivity index is 1.30.